The molecule has 0 bridgehead atoms. The lowest BCUT2D eigenvalue weighted by Crippen LogP contribution is -2.38. The Bertz CT molecular complexity index is 207. The van der Waals surface area contributed by atoms with Crippen LogP contribution in [0.1, 0.15) is 38.5 Å². The maximum Gasteiger partial charge on any atom is 0.191 e. The van der Waals surface area contributed by atoms with Gasteiger partial charge in [-0.15, -0.1) is 0 Å². The molecule has 90 valence electrons. The van der Waals surface area contributed by atoms with Crippen LogP contribution in [-0.4, -0.2) is 28.3 Å². The van der Waals surface area contributed by atoms with Crippen LogP contribution in [0.5, 0.6) is 0 Å². The molecule has 0 amide bonds. The van der Waals surface area contributed by atoms with Crippen LogP contribution in [0.3, 0.4) is 0 Å². The maximum absolute atomic E-state index is 10.6. The first-order valence-electron chi connectivity index (χ1n) is 5.75. The molecule has 15 heavy (non-hydrogen) atoms. The average Bonchev–Trinajstić information content (AvgIpc) is 2.18. The molecule has 2 unspecified atom stereocenters. The molecule has 0 aromatic heterocycles. The summed E-state index contributed by atoms with van der Waals surface area (Å²) in [5.41, 5.74) is 5.81. The van der Waals surface area contributed by atoms with Crippen molar-refractivity contribution in [2.24, 2.45) is 11.7 Å². The lowest BCUT2D eigenvalue weighted by molar-refractivity contribution is 0.144. The molecule has 0 heterocycles. The van der Waals surface area contributed by atoms with E-state index in [9.17, 15) is 9.67 Å². The van der Waals surface area contributed by atoms with Gasteiger partial charge in [-0.2, -0.15) is 0 Å². The summed E-state index contributed by atoms with van der Waals surface area (Å²) in [4.78, 5) is 8.71. The minimum atomic E-state index is -2.60. The smallest absolute Gasteiger partial charge is 0.191 e. The monoisotopic (exact) mass is 235 g/mol. The van der Waals surface area contributed by atoms with Gasteiger partial charge in [-0.1, -0.05) is 32.1 Å². The summed E-state index contributed by atoms with van der Waals surface area (Å²) in [6.45, 7) is 0. The van der Waals surface area contributed by atoms with Crippen LogP contribution in [-0.2, 0) is 4.57 Å². The lowest BCUT2D eigenvalue weighted by atomic mass is 9.84. The van der Waals surface area contributed by atoms with E-state index in [1.54, 1.807) is 0 Å². The molecule has 0 aromatic rings. The third-order valence-electron chi connectivity index (χ3n) is 3.21. The van der Waals surface area contributed by atoms with E-state index in [0.717, 1.165) is 6.42 Å². The Hall–Kier alpha value is 0.110. The Labute approximate surface area is 91.7 Å². The highest BCUT2D eigenvalue weighted by molar-refractivity contribution is 7.38. The zero-order chi connectivity index (χ0) is 11.3. The maximum atomic E-state index is 10.6. The van der Waals surface area contributed by atoms with Gasteiger partial charge in [0.1, 0.15) is 0 Å². The van der Waals surface area contributed by atoms with E-state index in [4.69, 9.17) is 10.6 Å². The fourth-order valence-corrected chi connectivity index (χ4v) is 2.96. The van der Waals surface area contributed by atoms with Gasteiger partial charge in [-0.25, -0.2) is 0 Å². The third-order valence-corrected chi connectivity index (χ3v) is 3.98. The molecular formula is C10H22NO3P. The van der Waals surface area contributed by atoms with Crippen LogP contribution in [0, 0.1) is 5.92 Å². The van der Waals surface area contributed by atoms with Gasteiger partial charge in [-0.3, -0.25) is 4.57 Å². The Morgan fingerprint density at radius 1 is 1.33 bits per heavy atom. The molecule has 5 heteroatoms. The summed E-state index contributed by atoms with van der Waals surface area (Å²) >= 11 is 0. The second kappa shape index (κ2) is 6.64. The standard InChI is InChI=1S/C10H22NO3P/c11-9(10(12)7-15(13)14)6-8-4-2-1-3-5-8/h8-10,12,15H,1-7,11H2,(H,13,14)/t9-,10?/m0/s1. The molecule has 1 fully saturated rings. The van der Waals surface area contributed by atoms with E-state index in [-0.39, 0.29) is 12.2 Å². The van der Waals surface area contributed by atoms with Crippen molar-refractivity contribution in [1.29, 1.82) is 0 Å². The summed E-state index contributed by atoms with van der Waals surface area (Å²) in [6, 6.07) is -0.339. The van der Waals surface area contributed by atoms with Crippen molar-refractivity contribution in [2.45, 2.75) is 50.7 Å². The second-order valence-corrected chi connectivity index (χ2v) is 5.76. The molecule has 0 aromatic carbocycles. The van der Waals surface area contributed by atoms with E-state index >= 15 is 0 Å². The molecule has 1 rings (SSSR count). The molecule has 4 N–H and O–H groups in total. The first kappa shape index (κ1) is 13.2. The first-order valence-corrected chi connectivity index (χ1v) is 7.31. The van der Waals surface area contributed by atoms with Crippen molar-refractivity contribution in [3.63, 3.8) is 0 Å². The Morgan fingerprint density at radius 2 is 1.93 bits per heavy atom. The molecule has 4 nitrogen and oxygen atoms in total. The molecule has 3 atom stereocenters. The molecule has 1 saturated carbocycles. The number of hydrogen-bond donors (Lipinski definition) is 3. The molecule has 1 aliphatic carbocycles. The SMILES string of the molecule is N[C@@H](CC1CCCCC1)C(O)C[PH](=O)O. The highest BCUT2D eigenvalue weighted by atomic mass is 31.1. The predicted molar refractivity (Wildman–Crippen MR) is 61.3 cm³/mol. The number of hydrogen-bond acceptors (Lipinski definition) is 3. The first-order chi connectivity index (χ1) is 7.09. The molecule has 0 radical (unpaired) electrons. The van der Waals surface area contributed by atoms with Crippen LogP contribution in [0.4, 0.5) is 0 Å². The van der Waals surface area contributed by atoms with Gasteiger partial charge in [0.05, 0.1) is 6.10 Å². The summed E-state index contributed by atoms with van der Waals surface area (Å²) in [5.74, 6) is 0.601. The predicted octanol–water partition coefficient (Wildman–Crippen LogP) is 1.11. The Balaban J connectivity index is 2.26. The van der Waals surface area contributed by atoms with E-state index in [2.05, 4.69) is 0 Å². The van der Waals surface area contributed by atoms with E-state index in [1.807, 2.05) is 0 Å². The lowest BCUT2D eigenvalue weighted by Gasteiger charge is -2.26. The highest BCUT2D eigenvalue weighted by Gasteiger charge is 2.22. The topological polar surface area (TPSA) is 83.5 Å². The van der Waals surface area contributed by atoms with Crippen LogP contribution in [0.2, 0.25) is 0 Å². The van der Waals surface area contributed by atoms with Crippen molar-refractivity contribution >= 4 is 8.03 Å². The Kier molecular flexibility index (Phi) is 5.83. The summed E-state index contributed by atoms with van der Waals surface area (Å²) in [6.07, 6.45) is 6.11. The van der Waals surface area contributed by atoms with Gasteiger partial charge in [-0.05, 0) is 12.3 Å². The number of rotatable bonds is 5. The normalized spacial score (nSPS) is 24.7. The zero-order valence-corrected chi connectivity index (χ0v) is 10.1. The van der Waals surface area contributed by atoms with Crippen LogP contribution >= 0.6 is 8.03 Å². The fourth-order valence-electron chi connectivity index (χ4n) is 2.30. The van der Waals surface area contributed by atoms with Gasteiger partial charge in [0.2, 0.25) is 0 Å². The van der Waals surface area contributed by atoms with Crippen molar-refractivity contribution < 1.29 is 14.6 Å². The number of aliphatic hydroxyl groups is 1. The summed E-state index contributed by atoms with van der Waals surface area (Å²) in [5, 5.41) is 9.56. The molecule has 0 saturated heterocycles. The molecule has 0 spiro atoms. The highest BCUT2D eigenvalue weighted by Crippen LogP contribution is 2.28. The van der Waals surface area contributed by atoms with E-state index in [0.29, 0.717) is 5.92 Å². The van der Waals surface area contributed by atoms with Crippen LogP contribution in [0.25, 0.3) is 0 Å². The minimum Gasteiger partial charge on any atom is -0.391 e. The number of aliphatic hydroxyl groups excluding tert-OH is 1. The van der Waals surface area contributed by atoms with Crippen molar-refractivity contribution in [3.05, 3.63) is 0 Å². The molecule has 0 aliphatic heterocycles. The van der Waals surface area contributed by atoms with Gasteiger partial charge >= 0.3 is 0 Å². The third kappa shape index (κ3) is 5.12. The quantitative estimate of drug-likeness (QED) is 0.623. The van der Waals surface area contributed by atoms with Crippen molar-refractivity contribution in [1.82, 2.24) is 0 Å². The number of nitrogens with two attached hydrogens (primary N) is 1. The van der Waals surface area contributed by atoms with Gasteiger partial charge < -0.3 is 15.7 Å². The minimum absolute atomic E-state index is 0.0570. The Morgan fingerprint density at radius 3 is 2.47 bits per heavy atom. The zero-order valence-electron chi connectivity index (χ0n) is 9.06. The van der Waals surface area contributed by atoms with Crippen molar-refractivity contribution in [2.75, 3.05) is 6.16 Å². The van der Waals surface area contributed by atoms with Crippen molar-refractivity contribution in [3.8, 4) is 0 Å². The van der Waals surface area contributed by atoms with E-state index in [1.165, 1.54) is 32.1 Å². The van der Waals surface area contributed by atoms with Crippen LogP contribution in [0.15, 0.2) is 0 Å². The van der Waals surface area contributed by atoms with Gasteiger partial charge in [0.25, 0.3) is 0 Å². The molecule has 1 aliphatic rings. The summed E-state index contributed by atoms with van der Waals surface area (Å²) in [7, 11) is -2.60. The van der Waals surface area contributed by atoms with E-state index < -0.39 is 14.1 Å². The fraction of sp³-hybridized carbons (Fsp3) is 1.00. The summed E-state index contributed by atoms with van der Waals surface area (Å²) < 4.78 is 10.6. The van der Waals surface area contributed by atoms with Gasteiger partial charge in [0.15, 0.2) is 8.03 Å². The van der Waals surface area contributed by atoms with Crippen LogP contribution < -0.4 is 5.73 Å². The van der Waals surface area contributed by atoms with Gasteiger partial charge in [0, 0.05) is 12.2 Å². The molecular weight excluding hydrogens is 213 g/mol. The average molecular weight is 235 g/mol. The second-order valence-electron chi connectivity index (χ2n) is 4.57. The largest absolute Gasteiger partial charge is 0.391 e.